The van der Waals surface area contributed by atoms with Crippen molar-refractivity contribution >= 4 is 0 Å². The van der Waals surface area contributed by atoms with Gasteiger partial charge < -0.3 is 4.74 Å². The Labute approximate surface area is 53.3 Å². The van der Waals surface area contributed by atoms with E-state index in [0.29, 0.717) is 12.2 Å². The minimum absolute atomic E-state index is 0.440. The molecule has 1 heteroatoms. The van der Waals surface area contributed by atoms with Crippen LogP contribution in [0.15, 0.2) is 35.5 Å². The van der Waals surface area contributed by atoms with Crippen molar-refractivity contribution in [1.29, 1.82) is 0 Å². The predicted octanol–water partition coefficient (Wildman–Crippen LogP) is 1.19. The first-order valence-corrected chi connectivity index (χ1v) is 3.21. The average Bonchev–Trinajstić information content (AvgIpc) is 2.38. The summed E-state index contributed by atoms with van der Waals surface area (Å²) in [6.07, 6.45) is 9.44. The number of allylic oxidation sites excluding steroid dienone is 3. The summed E-state index contributed by atoms with van der Waals surface area (Å²) < 4.78 is 5.28. The van der Waals surface area contributed by atoms with E-state index in [1.807, 2.05) is 0 Å². The van der Waals surface area contributed by atoms with Gasteiger partial charge >= 0.3 is 0 Å². The van der Waals surface area contributed by atoms with Crippen LogP contribution in [0.5, 0.6) is 0 Å². The SMILES string of the molecule is C1=CC2=CC3OC3C2=C1. The van der Waals surface area contributed by atoms with Gasteiger partial charge in [0.05, 0.1) is 0 Å². The molecule has 3 rings (SSSR count). The zero-order chi connectivity index (χ0) is 5.84. The molecular weight excluding hydrogens is 112 g/mol. The molecule has 2 unspecified atom stereocenters. The van der Waals surface area contributed by atoms with Gasteiger partial charge in [0, 0.05) is 0 Å². The standard InChI is InChI=1S/C8H6O/c1-2-5-4-7-8(9-7)6(5)3-1/h1-4,7-8H. The van der Waals surface area contributed by atoms with Gasteiger partial charge in [0.2, 0.25) is 0 Å². The lowest BCUT2D eigenvalue weighted by Crippen LogP contribution is -1.86. The van der Waals surface area contributed by atoms with Crippen LogP contribution in [0, 0.1) is 0 Å². The molecular formula is C8H6O. The summed E-state index contributed by atoms with van der Waals surface area (Å²) in [7, 11) is 0. The molecule has 0 aromatic rings. The van der Waals surface area contributed by atoms with E-state index in [-0.39, 0.29) is 0 Å². The summed E-state index contributed by atoms with van der Waals surface area (Å²) >= 11 is 0. The van der Waals surface area contributed by atoms with E-state index in [4.69, 9.17) is 4.74 Å². The quantitative estimate of drug-likeness (QED) is 0.435. The van der Waals surface area contributed by atoms with Crippen molar-refractivity contribution in [2.24, 2.45) is 0 Å². The fraction of sp³-hybridized carbons (Fsp3) is 0.250. The van der Waals surface area contributed by atoms with Crippen LogP contribution in [-0.2, 0) is 4.74 Å². The maximum Gasteiger partial charge on any atom is 0.114 e. The van der Waals surface area contributed by atoms with E-state index in [9.17, 15) is 0 Å². The molecule has 0 spiro atoms. The van der Waals surface area contributed by atoms with Gasteiger partial charge in [-0.1, -0.05) is 18.2 Å². The number of ether oxygens (including phenoxy) is 1. The first kappa shape index (κ1) is 4.07. The molecule has 0 N–H and O–H groups in total. The first-order chi connectivity index (χ1) is 4.45. The monoisotopic (exact) mass is 118 g/mol. The van der Waals surface area contributed by atoms with Crippen LogP contribution in [0.2, 0.25) is 0 Å². The molecule has 1 nitrogen and oxygen atoms in total. The Bertz CT molecular complexity index is 258. The van der Waals surface area contributed by atoms with Gasteiger partial charge in [0.25, 0.3) is 0 Å². The number of fused-ring (bicyclic) bond motifs is 3. The molecule has 0 aromatic heterocycles. The predicted molar refractivity (Wildman–Crippen MR) is 34.0 cm³/mol. The van der Waals surface area contributed by atoms with Crippen molar-refractivity contribution in [3.8, 4) is 0 Å². The summed E-state index contributed by atoms with van der Waals surface area (Å²) in [6.45, 7) is 0. The van der Waals surface area contributed by atoms with Gasteiger partial charge in [-0.15, -0.1) is 0 Å². The zero-order valence-electron chi connectivity index (χ0n) is 4.87. The molecule has 0 radical (unpaired) electrons. The maximum absolute atomic E-state index is 5.28. The van der Waals surface area contributed by atoms with Crippen molar-refractivity contribution in [2.45, 2.75) is 12.2 Å². The molecule has 3 aliphatic rings. The number of hydrogen-bond donors (Lipinski definition) is 0. The van der Waals surface area contributed by atoms with E-state index in [0.717, 1.165) is 0 Å². The van der Waals surface area contributed by atoms with E-state index >= 15 is 0 Å². The Morgan fingerprint density at radius 1 is 1.44 bits per heavy atom. The highest BCUT2D eigenvalue weighted by atomic mass is 16.6. The normalized spacial score (nSPS) is 41.8. The van der Waals surface area contributed by atoms with Crippen LogP contribution < -0.4 is 0 Å². The van der Waals surface area contributed by atoms with Crippen molar-refractivity contribution in [3.63, 3.8) is 0 Å². The Kier molecular flexibility index (Phi) is 0.474. The molecule has 1 fully saturated rings. The molecule has 1 saturated heterocycles. The maximum atomic E-state index is 5.28. The van der Waals surface area contributed by atoms with Crippen LogP contribution in [0.4, 0.5) is 0 Å². The van der Waals surface area contributed by atoms with E-state index < -0.39 is 0 Å². The molecule has 2 aliphatic carbocycles. The van der Waals surface area contributed by atoms with Gasteiger partial charge in [0.1, 0.15) is 12.2 Å². The Balaban J connectivity index is 2.23. The van der Waals surface area contributed by atoms with E-state index in [1.54, 1.807) is 0 Å². The molecule has 0 saturated carbocycles. The highest BCUT2D eigenvalue weighted by molar-refractivity contribution is 5.58. The van der Waals surface area contributed by atoms with Crippen LogP contribution in [-0.4, -0.2) is 12.2 Å². The van der Waals surface area contributed by atoms with Crippen LogP contribution in [0.3, 0.4) is 0 Å². The first-order valence-electron chi connectivity index (χ1n) is 3.21. The summed E-state index contributed by atoms with van der Waals surface area (Å²) in [5, 5.41) is 0. The number of epoxide rings is 1. The molecule has 0 aromatic carbocycles. The van der Waals surface area contributed by atoms with Crippen molar-refractivity contribution in [3.05, 3.63) is 35.5 Å². The van der Waals surface area contributed by atoms with Gasteiger partial charge in [-0.2, -0.15) is 0 Å². The summed E-state index contributed by atoms with van der Waals surface area (Å²) in [4.78, 5) is 0. The second-order valence-corrected chi connectivity index (χ2v) is 2.62. The summed E-state index contributed by atoms with van der Waals surface area (Å²) in [5.41, 5.74) is 2.77. The van der Waals surface area contributed by atoms with Crippen molar-refractivity contribution < 1.29 is 4.74 Å². The molecule has 1 aliphatic heterocycles. The lowest BCUT2D eigenvalue weighted by molar-refractivity contribution is 0.402. The average molecular weight is 118 g/mol. The van der Waals surface area contributed by atoms with Gasteiger partial charge in [-0.25, -0.2) is 0 Å². The molecule has 2 atom stereocenters. The Hall–Kier alpha value is -0.820. The second kappa shape index (κ2) is 1.05. The van der Waals surface area contributed by atoms with E-state index in [1.165, 1.54) is 11.1 Å². The highest BCUT2D eigenvalue weighted by Crippen LogP contribution is 2.43. The summed E-state index contributed by atoms with van der Waals surface area (Å²) in [6, 6.07) is 0. The smallest absolute Gasteiger partial charge is 0.114 e. The molecule has 9 heavy (non-hydrogen) atoms. The zero-order valence-corrected chi connectivity index (χ0v) is 4.87. The highest BCUT2D eigenvalue weighted by Gasteiger charge is 2.46. The largest absolute Gasteiger partial charge is 0.360 e. The lowest BCUT2D eigenvalue weighted by Gasteiger charge is -1.92. The minimum atomic E-state index is 0.440. The third-order valence-electron chi connectivity index (χ3n) is 2.06. The van der Waals surface area contributed by atoms with Crippen LogP contribution in [0.1, 0.15) is 0 Å². The van der Waals surface area contributed by atoms with Crippen LogP contribution in [0.25, 0.3) is 0 Å². The third kappa shape index (κ3) is 0.359. The minimum Gasteiger partial charge on any atom is -0.360 e. The van der Waals surface area contributed by atoms with Crippen molar-refractivity contribution in [1.82, 2.24) is 0 Å². The number of hydrogen-bond acceptors (Lipinski definition) is 1. The van der Waals surface area contributed by atoms with Gasteiger partial charge in [-0.3, -0.25) is 0 Å². The van der Waals surface area contributed by atoms with Gasteiger partial charge in [-0.05, 0) is 17.2 Å². The molecule has 1 heterocycles. The fourth-order valence-corrected chi connectivity index (χ4v) is 1.54. The Morgan fingerprint density at radius 2 is 2.44 bits per heavy atom. The van der Waals surface area contributed by atoms with Gasteiger partial charge in [0.15, 0.2) is 0 Å². The number of rotatable bonds is 0. The molecule has 44 valence electrons. The lowest BCUT2D eigenvalue weighted by atomic mass is 10.2. The Morgan fingerprint density at radius 3 is 3.33 bits per heavy atom. The molecule has 0 amide bonds. The third-order valence-corrected chi connectivity index (χ3v) is 2.06. The summed E-state index contributed by atoms with van der Waals surface area (Å²) in [5.74, 6) is 0. The topological polar surface area (TPSA) is 12.5 Å². The van der Waals surface area contributed by atoms with Crippen molar-refractivity contribution in [2.75, 3.05) is 0 Å². The fourth-order valence-electron chi connectivity index (χ4n) is 1.54. The van der Waals surface area contributed by atoms with Crippen LogP contribution >= 0.6 is 0 Å². The second-order valence-electron chi connectivity index (χ2n) is 2.62. The molecule has 0 bridgehead atoms. The van der Waals surface area contributed by atoms with E-state index in [2.05, 4.69) is 24.3 Å².